The molecule has 0 spiro atoms. The van der Waals surface area contributed by atoms with Crippen LogP contribution >= 0.6 is 0 Å². The fourth-order valence-corrected chi connectivity index (χ4v) is 3.68. The Kier molecular flexibility index (Phi) is 6.66. The molecule has 1 saturated heterocycles. The van der Waals surface area contributed by atoms with E-state index in [1.807, 2.05) is 30.3 Å². The first-order valence-corrected chi connectivity index (χ1v) is 9.61. The van der Waals surface area contributed by atoms with Gasteiger partial charge in [0.1, 0.15) is 0 Å². The molecule has 1 unspecified atom stereocenters. The second kappa shape index (κ2) is 9.37. The first-order valence-electron chi connectivity index (χ1n) is 9.61. The van der Waals surface area contributed by atoms with Crippen LogP contribution in [0.15, 0.2) is 42.5 Å². The van der Waals surface area contributed by atoms with Crippen molar-refractivity contribution < 1.29 is 9.53 Å². The Hall–Kier alpha value is -2.86. The maximum Gasteiger partial charge on any atom is 0.309 e. The molecule has 0 aromatic heterocycles. The Bertz CT molecular complexity index is 837. The summed E-state index contributed by atoms with van der Waals surface area (Å²) in [5, 5.41) is 11.0. The Morgan fingerprint density at radius 3 is 2.93 bits per heavy atom. The fourth-order valence-electron chi connectivity index (χ4n) is 3.68. The van der Waals surface area contributed by atoms with Crippen molar-refractivity contribution in [3.63, 3.8) is 0 Å². The second-order valence-electron chi connectivity index (χ2n) is 7.28. The summed E-state index contributed by atoms with van der Waals surface area (Å²) in [5.41, 5.74) is 10.4. The number of carbonyl (C=O) groups is 1. The van der Waals surface area contributed by atoms with Crippen LogP contribution in [0.4, 0.5) is 11.4 Å². The monoisotopic (exact) mass is 380 g/mol. The average molecular weight is 380 g/mol. The van der Waals surface area contributed by atoms with E-state index in [1.54, 1.807) is 0 Å². The van der Waals surface area contributed by atoms with Crippen molar-refractivity contribution in [2.45, 2.75) is 31.8 Å². The van der Waals surface area contributed by atoms with Gasteiger partial charge >= 0.3 is 5.97 Å². The largest absolute Gasteiger partial charge is 0.469 e. The number of nitrogens with two attached hydrogens (primary N) is 1. The molecule has 6 heteroatoms. The first-order chi connectivity index (χ1) is 13.6. The van der Waals surface area contributed by atoms with Crippen LogP contribution in [-0.2, 0) is 22.5 Å². The molecule has 1 fully saturated rings. The first kappa shape index (κ1) is 19.9. The summed E-state index contributed by atoms with van der Waals surface area (Å²) in [7, 11) is 1.42. The summed E-state index contributed by atoms with van der Waals surface area (Å²) in [6.07, 6.45) is 3.84. The average Bonchev–Trinajstić information content (AvgIpc) is 2.70. The van der Waals surface area contributed by atoms with Crippen LogP contribution in [-0.4, -0.2) is 43.3 Å². The minimum Gasteiger partial charge on any atom is -0.469 e. The van der Waals surface area contributed by atoms with Crippen LogP contribution in [0.25, 0.3) is 0 Å². The maximum absolute atomic E-state index is 11.5. The van der Waals surface area contributed by atoms with Gasteiger partial charge in [0, 0.05) is 42.3 Å². The van der Waals surface area contributed by atoms with Crippen LogP contribution in [0.1, 0.15) is 29.5 Å². The molecule has 148 valence electrons. The Morgan fingerprint density at radius 2 is 2.14 bits per heavy atom. The Labute approximate surface area is 166 Å². The third-order valence-corrected chi connectivity index (χ3v) is 5.09. The summed E-state index contributed by atoms with van der Waals surface area (Å²) in [6.45, 7) is 2.87. The van der Waals surface area contributed by atoms with E-state index in [0.717, 1.165) is 49.3 Å². The minimum atomic E-state index is -0.216. The molecule has 3 rings (SSSR count). The molecule has 1 aliphatic heterocycles. The van der Waals surface area contributed by atoms with E-state index < -0.39 is 0 Å². The lowest BCUT2D eigenvalue weighted by molar-refractivity contribution is -0.139. The number of nitrogen functional groups attached to an aromatic ring is 1. The van der Waals surface area contributed by atoms with Crippen molar-refractivity contribution in [3.05, 3.63) is 59.2 Å². The third-order valence-electron chi connectivity index (χ3n) is 5.09. The molecular formula is C22H28N4O2. The van der Waals surface area contributed by atoms with E-state index >= 15 is 0 Å². The van der Waals surface area contributed by atoms with Crippen molar-refractivity contribution >= 4 is 23.6 Å². The van der Waals surface area contributed by atoms with E-state index in [2.05, 4.69) is 22.3 Å². The number of nitrogens with zero attached hydrogens (tertiary/aromatic N) is 1. The number of carbonyl (C=O) groups excluding carboxylic acids is 1. The van der Waals surface area contributed by atoms with Crippen molar-refractivity contribution in [1.29, 1.82) is 5.41 Å². The Balaban J connectivity index is 1.60. The Morgan fingerprint density at radius 1 is 1.32 bits per heavy atom. The van der Waals surface area contributed by atoms with Crippen molar-refractivity contribution in [2.24, 2.45) is 0 Å². The molecule has 0 radical (unpaired) electrons. The van der Waals surface area contributed by atoms with Gasteiger partial charge in [0.25, 0.3) is 0 Å². The van der Waals surface area contributed by atoms with E-state index in [4.69, 9.17) is 15.9 Å². The van der Waals surface area contributed by atoms with Crippen LogP contribution in [0.3, 0.4) is 0 Å². The summed E-state index contributed by atoms with van der Waals surface area (Å²) in [5.74, 6) is -0.216. The standard InChI is InChI=1S/C22H28N4O2/c1-28-22(27)11-16-4-2-5-17(10-16)14-26-9-3-6-20(15-26)25-19-7-8-21(24)18(12-19)13-23/h2,4-5,7-8,10,12-13,20,23,25H,3,6,9,11,14-15,24H2,1H3. The van der Waals surface area contributed by atoms with Crippen LogP contribution in [0, 0.1) is 5.41 Å². The zero-order valence-electron chi connectivity index (χ0n) is 16.3. The normalized spacial score (nSPS) is 17.1. The number of likely N-dealkylation sites (tertiary alicyclic amines) is 1. The molecule has 1 atom stereocenters. The molecule has 0 bridgehead atoms. The smallest absolute Gasteiger partial charge is 0.309 e. The number of benzene rings is 2. The van der Waals surface area contributed by atoms with E-state index in [0.29, 0.717) is 18.2 Å². The van der Waals surface area contributed by atoms with Gasteiger partial charge in [-0.05, 0) is 48.7 Å². The van der Waals surface area contributed by atoms with Gasteiger partial charge in [-0.3, -0.25) is 9.69 Å². The van der Waals surface area contributed by atoms with Gasteiger partial charge in [-0.2, -0.15) is 0 Å². The van der Waals surface area contributed by atoms with E-state index in [1.165, 1.54) is 18.9 Å². The van der Waals surface area contributed by atoms with Gasteiger partial charge in [0.15, 0.2) is 0 Å². The van der Waals surface area contributed by atoms with Crippen molar-refractivity contribution in [1.82, 2.24) is 4.90 Å². The number of hydrogen-bond donors (Lipinski definition) is 3. The summed E-state index contributed by atoms with van der Waals surface area (Å²) >= 11 is 0. The fraction of sp³-hybridized carbons (Fsp3) is 0.364. The highest BCUT2D eigenvalue weighted by atomic mass is 16.5. The van der Waals surface area contributed by atoms with E-state index in [9.17, 15) is 4.79 Å². The molecule has 2 aromatic rings. The number of piperidine rings is 1. The van der Waals surface area contributed by atoms with Gasteiger partial charge < -0.3 is 21.2 Å². The van der Waals surface area contributed by atoms with Gasteiger partial charge in [-0.25, -0.2) is 0 Å². The molecule has 6 nitrogen and oxygen atoms in total. The van der Waals surface area contributed by atoms with Crippen molar-refractivity contribution in [3.8, 4) is 0 Å². The highest BCUT2D eigenvalue weighted by Crippen LogP contribution is 2.21. The number of hydrogen-bond acceptors (Lipinski definition) is 6. The van der Waals surface area contributed by atoms with Gasteiger partial charge in [0.05, 0.1) is 13.5 Å². The van der Waals surface area contributed by atoms with Crippen LogP contribution < -0.4 is 11.1 Å². The molecule has 1 heterocycles. The van der Waals surface area contributed by atoms with Crippen LogP contribution in [0.2, 0.25) is 0 Å². The molecule has 28 heavy (non-hydrogen) atoms. The van der Waals surface area contributed by atoms with Crippen LogP contribution in [0.5, 0.6) is 0 Å². The predicted molar refractivity (Wildman–Crippen MR) is 113 cm³/mol. The summed E-state index contributed by atoms with van der Waals surface area (Å²) in [4.78, 5) is 13.9. The number of anilines is 2. The predicted octanol–water partition coefficient (Wildman–Crippen LogP) is 3.06. The molecule has 0 aliphatic carbocycles. The lowest BCUT2D eigenvalue weighted by Gasteiger charge is -2.34. The molecule has 0 amide bonds. The van der Waals surface area contributed by atoms with Gasteiger partial charge in [-0.15, -0.1) is 0 Å². The SMILES string of the molecule is COC(=O)Cc1cccc(CN2CCCC(Nc3ccc(N)c(C=N)c3)C2)c1. The van der Waals surface area contributed by atoms with Gasteiger partial charge in [0.2, 0.25) is 0 Å². The number of rotatable bonds is 7. The number of nitrogens with one attached hydrogen (secondary N) is 2. The quantitative estimate of drug-likeness (QED) is 0.390. The highest BCUT2D eigenvalue weighted by molar-refractivity contribution is 5.86. The third kappa shape index (κ3) is 5.33. The molecule has 2 aromatic carbocycles. The maximum atomic E-state index is 11.5. The molecule has 1 aliphatic rings. The number of esters is 1. The molecule has 4 N–H and O–H groups in total. The molecule has 0 saturated carbocycles. The van der Waals surface area contributed by atoms with Crippen molar-refractivity contribution in [2.75, 3.05) is 31.2 Å². The summed E-state index contributed by atoms with van der Waals surface area (Å²) < 4.78 is 4.76. The zero-order chi connectivity index (χ0) is 19.9. The lowest BCUT2D eigenvalue weighted by atomic mass is 10.0. The number of methoxy groups -OCH3 is 1. The topological polar surface area (TPSA) is 91.4 Å². The second-order valence-corrected chi connectivity index (χ2v) is 7.28. The minimum absolute atomic E-state index is 0.216. The lowest BCUT2D eigenvalue weighted by Crippen LogP contribution is -2.41. The van der Waals surface area contributed by atoms with E-state index in [-0.39, 0.29) is 5.97 Å². The highest BCUT2D eigenvalue weighted by Gasteiger charge is 2.20. The number of ether oxygens (including phenoxy) is 1. The zero-order valence-corrected chi connectivity index (χ0v) is 16.3. The van der Waals surface area contributed by atoms with Gasteiger partial charge in [-0.1, -0.05) is 24.3 Å². The molecular weight excluding hydrogens is 352 g/mol. The summed E-state index contributed by atoms with van der Waals surface area (Å²) in [6, 6.07) is 14.3.